The monoisotopic (exact) mass is 683 g/mol. The Bertz CT molecular complexity index is 3780. The van der Waals surface area contributed by atoms with Crippen molar-refractivity contribution in [1.29, 1.82) is 0 Å². The highest BCUT2D eigenvalue weighted by Gasteiger charge is 2.20. The zero-order chi connectivity index (χ0) is 49.2. The highest BCUT2D eigenvalue weighted by atomic mass is 15.2. The molecule has 0 spiro atoms. The van der Waals surface area contributed by atoms with E-state index in [0.717, 1.165) is 15.6 Å². The van der Waals surface area contributed by atoms with Crippen LogP contribution in [0.15, 0.2) is 182 Å². The van der Waals surface area contributed by atoms with Crippen LogP contribution in [0.4, 0.5) is 0 Å². The van der Waals surface area contributed by atoms with Crippen LogP contribution in [0, 0.1) is 0 Å². The van der Waals surface area contributed by atoms with Crippen LogP contribution in [0.3, 0.4) is 0 Å². The van der Waals surface area contributed by atoms with Crippen LogP contribution in [0.25, 0.3) is 89.8 Å². The predicted octanol–water partition coefficient (Wildman–Crippen LogP) is 11.0. The lowest BCUT2D eigenvalue weighted by atomic mass is 9.99. The Balaban J connectivity index is 1.37. The number of benzene rings is 7. The molecule has 6 nitrogen and oxygen atoms in total. The standard InChI is InChI=1S/C46H30N6/c1-3-16-31(17-4-1)35-22-7-8-25-38(35)44-48-43(49-46(50-44)52-40-27-12-9-23-36(40)37-24-10-13-28-41(37)52)33-20-15-21-34(30-33)51-42-29-14-11-26-39(42)47-45(51)32-18-5-2-6-19-32/h1-30H/i1D,3D,4D,7D,8D,9D,10D,12D,13D,16D,17D,22D,23D,24D,25D,27D,28D. The predicted molar refractivity (Wildman–Crippen MR) is 211 cm³/mol. The maximum atomic E-state index is 9.31. The van der Waals surface area contributed by atoms with Crippen LogP contribution in [0.2, 0.25) is 0 Å². The average molecular weight is 684 g/mol. The number of nitrogens with zero attached hydrogens (tertiary/aromatic N) is 6. The van der Waals surface area contributed by atoms with E-state index in [1.165, 1.54) is 0 Å². The molecule has 0 N–H and O–H groups in total. The Morgan fingerprint density at radius 2 is 1.06 bits per heavy atom. The molecule has 0 aliphatic rings. The number of aromatic nitrogens is 6. The maximum Gasteiger partial charge on any atom is 0.238 e. The van der Waals surface area contributed by atoms with Crippen LogP contribution < -0.4 is 0 Å². The Labute approximate surface area is 323 Å². The van der Waals surface area contributed by atoms with Gasteiger partial charge in [0.05, 0.1) is 45.4 Å². The average Bonchev–Trinajstić information content (AvgIpc) is 3.94. The van der Waals surface area contributed by atoms with Crippen LogP contribution in [-0.2, 0) is 0 Å². The lowest BCUT2D eigenvalue weighted by Crippen LogP contribution is -2.07. The molecule has 0 amide bonds. The zero-order valence-corrected chi connectivity index (χ0v) is 26.7. The van der Waals surface area contributed by atoms with E-state index in [9.17, 15) is 1.37 Å². The van der Waals surface area contributed by atoms with Crippen LogP contribution in [-0.4, -0.2) is 29.1 Å². The van der Waals surface area contributed by atoms with Gasteiger partial charge in [-0.1, -0.05) is 145 Å². The van der Waals surface area contributed by atoms with E-state index in [0.29, 0.717) is 17.0 Å². The molecule has 244 valence electrons. The van der Waals surface area contributed by atoms with E-state index >= 15 is 0 Å². The van der Waals surface area contributed by atoms with E-state index < -0.39 is 131 Å². The quantitative estimate of drug-likeness (QED) is 0.175. The third kappa shape index (κ3) is 4.96. The topological polar surface area (TPSA) is 61.4 Å². The molecule has 0 saturated carbocycles. The zero-order valence-electron chi connectivity index (χ0n) is 43.7. The Morgan fingerprint density at radius 3 is 1.85 bits per heavy atom. The summed E-state index contributed by atoms with van der Waals surface area (Å²) in [5, 5.41) is -0.592. The van der Waals surface area contributed by atoms with E-state index in [-0.39, 0.29) is 33.2 Å². The number of hydrogen-bond donors (Lipinski definition) is 0. The van der Waals surface area contributed by atoms with Gasteiger partial charge in [-0.05, 0) is 47.5 Å². The molecule has 0 atom stereocenters. The highest BCUT2D eigenvalue weighted by Crippen LogP contribution is 2.36. The smallest absolute Gasteiger partial charge is 0.238 e. The van der Waals surface area contributed by atoms with Gasteiger partial charge in [-0.2, -0.15) is 9.97 Å². The summed E-state index contributed by atoms with van der Waals surface area (Å²) in [6.45, 7) is 0. The first-order chi connectivity index (χ1) is 32.8. The summed E-state index contributed by atoms with van der Waals surface area (Å²) < 4.78 is 153. The molecular weight excluding hydrogens is 637 g/mol. The summed E-state index contributed by atoms with van der Waals surface area (Å²) in [6.07, 6.45) is 0. The minimum absolute atomic E-state index is 0.223. The van der Waals surface area contributed by atoms with Crippen LogP contribution in [0.5, 0.6) is 0 Å². The minimum atomic E-state index is -0.816. The fraction of sp³-hybridized carbons (Fsp3) is 0. The molecule has 3 heterocycles. The Kier molecular flexibility index (Phi) is 4.06. The second kappa shape index (κ2) is 12.3. The molecule has 3 aromatic heterocycles. The molecule has 0 bridgehead atoms. The van der Waals surface area contributed by atoms with Gasteiger partial charge in [0.25, 0.3) is 0 Å². The second-order valence-electron chi connectivity index (χ2n) is 11.5. The van der Waals surface area contributed by atoms with E-state index in [2.05, 4.69) is 4.98 Å². The lowest BCUT2D eigenvalue weighted by Gasteiger charge is -2.14. The fourth-order valence-corrected chi connectivity index (χ4v) is 6.22. The molecular formula is C46H30N6. The Morgan fingerprint density at radius 1 is 0.423 bits per heavy atom. The van der Waals surface area contributed by atoms with E-state index in [4.69, 9.17) is 36.9 Å². The number of fused-ring (bicyclic) bond motifs is 4. The van der Waals surface area contributed by atoms with Gasteiger partial charge in [0.2, 0.25) is 5.95 Å². The van der Waals surface area contributed by atoms with Crippen molar-refractivity contribution >= 4 is 32.8 Å². The Hall–Kier alpha value is -7.18. The molecule has 0 unspecified atom stereocenters. The van der Waals surface area contributed by atoms with Gasteiger partial charge >= 0.3 is 0 Å². The first-order valence-electron chi connectivity index (χ1n) is 24.4. The molecule has 10 rings (SSSR count). The van der Waals surface area contributed by atoms with Crippen molar-refractivity contribution in [1.82, 2.24) is 29.1 Å². The largest absolute Gasteiger partial charge is 0.292 e. The van der Waals surface area contributed by atoms with Crippen molar-refractivity contribution in [2.24, 2.45) is 0 Å². The number of imidazole rings is 1. The second-order valence-corrected chi connectivity index (χ2v) is 11.5. The van der Waals surface area contributed by atoms with Crippen molar-refractivity contribution in [3.63, 3.8) is 0 Å². The molecule has 0 radical (unpaired) electrons. The minimum Gasteiger partial charge on any atom is -0.292 e. The molecule has 0 aliphatic heterocycles. The lowest BCUT2D eigenvalue weighted by molar-refractivity contribution is 0.953. The van der Waals surface area contributed by atoms with Gasteiger partial charge in [-0.3, -0.25) is 9.13 Å². The number of rotatable bonds is 6. The molecule has 52 heavy (non-hydrogen) atoms. The fourth-order valence-electron chi connectivity index (χ4n) is 6.22. The SMILES string of the molecule is [2H]c1c([2H])c([2H])c(-c2c([2H])c([2H])c([2H])c([2H])c2-c2nc(-c3cccc(-n4c(-c5ccccc5)nc5ccccc54)c3)nc(-n3c4c([2H])c([2H])c([2H])c([2H])c4c4c([2H])c([2H])c([2H])c([2H])c43)n2)c([2H])c1[2H]. The molecule has 10 aromatic rings. The van der Waals surface area contributed by atoms with Crippen molar-refractivity contribution in [2.45, 2.75) is 0 Å². The third-order valence-corrected chi connectivity index (χ3v) is 8.47. The summed E-state index contributed by atoms with van der Waals surface area (Å²) in [4.78, 5) is 19.2. The van der Waals surface area contributed by atoms with Gasteiger partial charge in [0.15, 0.2) is 11.6 Å². The van der Waals surface area contributed by atoms with E-state index in [1.807, 2.05) is 59.2 Å². The molecule has 0 aliphatic carbocycles. The van der Waals surface area contributed by atoms with Crippen molar-refractivity contribution < 1.29 is 23.3 Å². The summed E-state index contributed by atoms with van der Waals surface area (Å²) >= 11 is 0. The number of para-hydroxylation sites is 4. The van der Waals surface area contributed by atoms with Crippen LogP contribution in [0.1, 0.15) is 23.3 Å². The highest BCUT2D eigenvalue weighted by molar-refractivity contribution is 6.09. The van der Waals surface area contributed by atoms with Gasteiger partial charge in [0, 0.05) is 33.2 Å². The maximum absolute atomic E-state index is 9.31. The van der Waals surface area contributed by atoms with Crippen LogP contribution >= 0.6 is 0 Å². The first kappa shape index (κ1) is 17.2. The number of hydrogen-bond acceptors (Lipinski definition) is 4. The van der Waals surface area contributed by atoms with Gasteiger partial charge in [-0.15, -0.1) is 0 Å². The van der Waals surface area contributed by atoms with Crippen molar-refractivity contribution in [3.05, 3.63) is 182 Å². The summed E-state index contributed by atoms with van der Waals surface area (Å²) in [5.74, 6) is -0.751. The van der Waals surface area contributed by atoms with Crippen molar-refractivity contribution in [2.75, 3.05) is 0 Å². The van der Waals surface area contributed by atoms with Gasteiger partial charge in [0.1, 0.15) is 5.82 Å². The van der Waals surface area contributed by atoms with E-state index in [1.54, 1.807) is 24.3 Å². The molecule has 6 heteroatoms. The van der Waals surface area contributed by atoms with Gasteiger partial charge in [-0.25, -0.2) is 9.97 Å². The molecule has 7 aromatic carbocycles. The van der Waals surface area contributed by atoms with Crippen molar-refractivity contribution in [3.8, 4) is 56.9 Å². The summed E-state index contributed by atoms with van der Waals surface area (Å²) in [5.41, 5.74) is 0.519. The van der Waals surface area contributed by atoms with Gasteiger partial charge < -0.3 is 0 Å². The molecule has 0 saturated heterocycles. The normalized spacial score (nSPS) is 16.0. The molecule has 0 fully saturated rings. The first-order valence-corrected chi connectivity index (χ1v) is 15.9. The summed E-state index contributed by atoms with van der Waals surface area (Å²) in [6, 6.07) is 11.0. The summed E-state index contributed by atoms with van der Waals surface area (Å²) in [7, 11) is 0. The third-order valence-electron chi connectivity index (χ3n) is 8.47.